The third-order valence-corrected chi connectivity index (χ3v) is 4.40. The van der Waals surface area contributed by atoms with Crippen molar-refractivity contribution in [3.63, 3.8) is 0 Å². The molecule has 6 heteroatoms. The van der Waals surface area contributed by atoms with Gasteiger partial charge in [-0.3, -0.25) is 4.79 Å². The zero-order valence-corrected chi connectivity index (χ0v) is 15.3. The number of nitrogens with zero attached hydrogens (tertiary/aromatic N) is 1. The van der Waals surface area contributed by atoms with Crippen LogP contribution in [0.5, 0.6) is 0 Å². The second-order valence-corrected chi connectivity index (χ2v) is 6.43. The summed E-state index contributed by atoms with van der Waals surface area (Å²) in [6.07, 6.45) is 1.55. The van der Waals surface area contributed by atoms with Gasteiger partial charge in [0.05, 0.1) is 11.4 Å². The van der Waals surface area contributed by atoms with E-state index in [0.717, 1.165) is 16.8 Å². The zero-order valence-electron chi connectivity index (χ0n) is 15.3. The van der Waals surface area contributed by atoms with Crippen LogP contribution in [0, 0.1) is 6.92 Å². The van der Waals surface area contributed by atoms with Crippen molar-refractivity contribution in [2.24, 2.45) is 10.7 Å². The highest BCUT2D eigenvalue weighted by molar-refractivity contribution is 6.51. The first-order valence-corrected chi connectivity index (χ1v) is 8.56. The highest BCUT2D eigenvalue weighted by Crippen LogP contribution is 2.26. The van der Waals surface area contributed by atoms with Crippen LogP contribution in [0.2, 0.25) is 0 Å². The van der Waals surface area contributed by atoms with Crippen LogP contribution >= 0.6 is 0 Å². The largest absolute Gasteiger partial charge is 0.505 e. The average molecular weight is 362 g/mol. The summed E-state index contributed by atoms with van der Waals surface area (Å²) in [5.74, 6) is -0.399. The lowest BCUT2D eigenvalue weighted by molar-refractivity contribution is -0.109. The molecule has 0 amide bonds. The summed E-state index contributed by atoms with van der Waals surface area (Å²) in [6, 6.07) is 12.8. The SMILES string of the molecule is CC1=C(O)C(Nc2ccc(CN)cc2)=CC(=Nc2ccc(N)cc2C)C1=O. The molecule has 27 heavy (non-hydrogen) atoms. The third kappa shape index (κ3) is 3.91. The number of ketones is 1. The number of aliphatic imine (C=N–C) groups is 1. The number of allylic oxidation sites excluding steroid dienone is 2. The molecule has 0 radical (unpaired) electrons. The lowest BCUT2D eigenvalue weighted by atomic mass is 9.98. The van der Waals surface area contributed by atoms with E-state index < -0.39 is 0 Å². The van der Waals surface area contributed by atoms with Gasteiger partial charge < -0.3 is 21.9 Å². The van der Waals surface area contributed by atoms with E-state index in [1.54, 1.807) is 31.2 Å². The predicted molar refractivity (Wildman–Crippen MR) is 109 cm³/mol. The summed E-state index contributed by atoms with van der Waals surface area (Å²) in [5.41, 5.74) is 16.2. The molecule has 2 aromatic carbocycles. The third-order valence-electron chi connectivity index (χ3n) is 4.40. The molecular weight excluding hydrogens is 340 g/mol. The van der Waals surface area contributed by atoms with Gasteiger partial charge in [-0.15, -0.1) is 0 Å². The van der Waals surface area contributed by atoms with Crippen LogP contribution in [0.25, 0.3) is 0 Å². The van der Waals surface area contributed by atoms with Gasteiger partial charge in [-0.2, -0.15) is 0 Å². The fourth-order valence-electron chi connectivity index (χ4n) is 2.76. The Bertz CT molecular complexity index is 986. The molecule has 1 aliphatic carbocycles. The maximum Gasteiger partial charge on any atom is 0.210 e. The van der Waals surface area contributed by atoms with Crippen molar-refractivity contribution in [3.8, 4) is 0 Å². The molecule has 0 fully saturated rings. The van der Waals surface area contributed by atoms with Crippen LogP contribution < -0.4 is 16.8 Å². The Balaban J connectivity index is 1.97. The summed E-state index contributed by atoms with van der Waals surface area (Å²) < 4.78 is 0. The topological polar surface area (TPSA) is 114 Å². The summed E-state index contributed by atoms with van der Waals surface area (Å²) in [4.78, 5) is 17.0. The zero-order chi connectivity index (χ0) is 19.6. The minimum absolute atomic E-state index is 0.0871. The summed E-state index contributed by atoms with van der Waals surface area (Å²) in [7, 11) is 0. The second-order valence-electron chi connectivity index (χ2n) is 6.43. The number of rotatable bonds is 4. The Labute approximate surface area is 157 Å². The van der Waals surface area contributed by atoms with Gasteiger partial charge in [-0.1, -0.05) is 12.1 Å². The van der Waals surface area contributed by atoms with Gasteiger partial charge in [0.1, 0.15) is 11.5 Å². The van der Waals surface area contributed by atoms with Crippen molar-refractivity contribution in [1.29, 1.82) is 0 Å². The highest BCUT2D eigenvalue weighted by atomic mass is 16.3. The number of aryl methyl sites for hydroxylation is 1. The Morgan fingerprint density at radius 3 is 2.44 bits per heavy atom. The highest BCUT2D eigenvalue weighted by Gasteiger charge is 2.24. The van der Waals surface area contributed by atoms with Crippen molar-refractivity contribution in [1.82, 2.24) is 0 Å². The Morgan fingerprint density at radius 2 is 1.81 bits per heavy atom. The van der Waals surface area contributed by atoms with E-state index in [4.69, 9.17) is 11.5 Å². The van der Waals surface area contributed by atoms with Gasteiger partial charge in [-0.05, 0) is 61.4 Å². The minimum Gasteiger partial charge on any atom is -0.505 e. The lowest BCUT2D eigenvalue weighted by Gasteiger charge is -2.18. The number of benzene rings is 2. The molecule has 3 rings (SSSR count). The Morgan fingerprint density at radius 1 is 1.11 bits per heavy atom. The van der Waals surface area contributed by atoms with Crippen LogP contribution in [-0.4, -0.2) is 16.6 Å². The van der Waals surface area contributed by atoms with Crippen molar-refractivity contribution in [3.05, 3.63) is 76.7 Å². The van der Waals surface area contributed by atoms with Crippen molar-refractivity contribution >= 4 is 28.6 Å². The number of carbonyl (C=O) groups is 1. The average Bonchev–Trinajstić information content (AvgIpc) is 2.66. The van der Waals surface area contributed by atoms with E-state index in [1.165, 1.54) is 0 Å². The number of nitrogen functional groups attached to an aromatic ring is 1. The van der Waals surface area contributed by atoms with E-state index in [1.807, 2.05) is 31.2 Å². The van der Waals surface area contributed by atoms with Gasteiger partial charge in [0.25, 0.3) is 0 Å². The first-order chi connectivity index (χ1) is 12.9. The number of carbonyl (C=O) groups excluding carboxylic acids is 1. The molecule has 138 valence electrons. The molecule has 0 saturated carbocycles. The Kier molecular flexibility index (Phi) is 5.09. The second kappa shape index (κ2) is 7.47. The normalized spacial score (nSPS) is 15.9. The van der Waals surface area contributed by atoms with Crippen LogP contribution in [-0.2, 0) is 11.3 Å². The monoisotopic (exact) mass is 362 g/mol. The minimum atomic E-state index is -0.312. The molecular formula is C21H22N4O2. The van der Waals surface area contributed by atoms with E-state index in [-0.39, 0.29) is 22.8 Å². The molecule has 0 atom stereocenters. The molecule has 2 aromatic rings. The molecule has 0 aliphatic heterocycles. The molecule has 1 aliphatic rings. The molecule has 0 unspecified atom stereocenters. The molecule has 6 nitrogen and oxygen atoms in total. The van der Waals surface area contributed by atoms with Crippen LogP contribution in [0.3, 0.4) is 0 Å². The predicted octanol–water partition coefficient (Wildman–Crippen LogP) is 3.52. The first kappa shape index (κ1) is 18.4. The molecule has 0 bridgehead atoms. The summed E-state index contributed by atoms with van der Waals surface area (Å²) >= 11 is 0. The first-order valence-electron chi connectivity index (χ1n) is 8.56. The Hall–Kier alpha value is -3.38. The quantitative estimate of drug-likeness (QED) is 0.491. The number of nitrogens with one attached hydrogen (secondary N) is 1. The molecule has 0 saturated heterocycles. The summed E-state index contributed by atoms with van der Waals surface area (Å²) in [6.45, 7) is 3.92. The smallest absolute Gasteiger partial charge is 0.210 e. The maximum atomic E-state index is 12.5. The number of anilines is 2. The fraction of sp³-hybridized carbons (Fsp3) is 0.143. The van der Waals surface area contributed by atoms with Crippen molar-refractivity contribution < 1.29 is 9.90 Å². The number of nitrogens with two attached hydrogens (primary N) is 2. The molecule has 0 spiro atoms. The maximum absolute atomic E-state index is 12.5. The number of hydrogen-bond donors (Lipinski definition) is 4. The van der Waals surface area contributed by atoms with Crippen molar-refractivity contribution in [2.75, 3.05) is 11.1 Å². The van der Waals surface area contributed by atoms with Crippen LogP contribution in [0.1, 0.15) is 18.1 Å². The number of aliphatic hydroxyl groups excluding tert-OH is 1. The number of aliphatic hydroxyl groups is 1. The molecule has 6 N–H and O–H groups in total. The van der Waals surface area contributed by atoms with Gasteiger partial charge in [0.15, 0.2) is 0 Å². The van der Waals surface area contributed by atoms with Crippen molar-refractivity contribution in [2.45, 2.75) is 20.4 Å². The lowest BCUT2D eigenvalue weighted by Crippen LogP contribution is -2.22. The van der Waals surface area contributed by atoms with Gasteiger partial charge in [0.2, 0.25) is 5.78 Å². The van der Waals surface area contributed by atoms with Gasteiger partial charge >= 0.3 is 0 Å². The summed E-state index contributed by atoms with van der Waals surface area (Å²) in [5, 5.41) is 13.5. The molecule has 0 heterocycles. The standard InChI is InChI=1S/C21H22N4O2/c1-12-9-15(23)5-8-17(12)25-19-10-18(20(26)13(2)21(19)27)24-16-6-3-14(11-22)4-7-16/h3-10,24,26H,11,22-23H2,1-2H3. The van der Waals surface area contributed by atoms with Crippen LogP contribution in [0.4, 0.5) is 17.1 Å². The van der Waals surface area contributed by atoms with Gasteiger partial charge in [0, 0.05) is 23.5 Å². The van der Waals surface area contributed by atoms with E-state index in [9.17, 15) is 9.90 Å². The molecule has 0 aromatic heterocycles. The number of Topliss-reactive ketones (excluding diaryl/α,β-unsaturated/α-hetero) is 1. The van der Waals surface area contributed by atoms with Gasteiger partial charge in [-0.25, -0.2) is 4.99 Å². The fourth-order valence-corrected chi connectivity index (χ4v) is 2.76. The van der Waals surface area contributed by atoms with E-state index in [2.05, 4.69) is 10.3 Å². The van der Waals surface area contributed by atoms with E-state index in [0.29, 0.717) is 23.6 Å². The van der Waals surface area contributed by atoms with E-state index >= 15 is 0 Å². The van der Waals surface area contributed by atoms with Crippen LogP contribution in [0.15, 0.2) is 70.6 Å². The number of hydrogen-bond acceptors (Lipinski definition) is 6.